The number of aliphatic carboxylic acids is 1. The third-order valence-corrected chi connectivity index (χ3v) is 6.85. The summed E-state index contributed by atoms with van der Waals surface area (Å²) in [6.45, 7) is 0.743. The monoisotopic (exact) mass is 446 g/mol. The minimum absolute atomic E-state index is 0.0238. The molecular weight excluding hydrogens is 420 g/mol. The van der Waals surface area contributed by atoms with Gasteiger partial charge in [-0.15, -0.1) is 0 Å². The number of carboxylic acids is 1. The summed E-state index contributed by atoms with van der Waals surface area (Å²) < 4.78 is 5.57. The number of benzene rings is 2. The van der Waals surface area contributed by atoms with Crippen LogP contribution in [0, 0.1) is 5.92 Å². The molecule has 33 heavy (non-hydrogen) atoms. The van der Waals surface area contributed by atoms with Crippen molar-refractivity contribution in [2.75, 3.05) is 13.2 Å². The van der Waals surface area contributed by atoms with E-state index in [2.05, 4.69) is 23.5 Å². The maximum Gasteiger partial charge on any atom is 0.407 e. The quantitative estimate of drug-likeness (QED) is 0.634. The van der Waals surface area contributed by atoms with Crippen LogP contribution < -0.4 is 5.32 Å². The van der Waals surface area contributed by atoms with Crippen molar-refractivity contribution >= 4 is 18.0 Å². The molecule has 0 spiro atoms. The van der Waals surface area contributed by atoms with Gasteiger partial charge >= 0.3 is 12.1 Å². The molecule has 1 aliphatic heterocycles. The Hall–Kier alpha value is -3.61. The Bertz CT molecular complexity index is 1080. The van der Waals surface area contributed by atoms with Crippen molar-refractivity contribution in [1.29, 1.82) is 0 Å². The number of amides is 2. The lowest BCUT2D eigenvalue weighted by Crippen LogP contribution is -2.50. The van der Waals surface area contributed by atoms with Crippen LogP contribution in [-0.2, 0) is 14.3 Å². The number of hydrogen-bond acceptors (Lipinski definition) is 4. The first-order valence-corrected chi connectivity index (χ1v) is 11.3. The SMILES string of the molecule is O=C(O)CCC(NC(=O)OCC1c2ccccc2-c2ccccc21)C(=O)N1CC2C=CC1C2. The zero-order chi connectivity index (χ0) is 22.9. The Morgan fingerprint density at radius 1 is 1.03 bits per heavy atom. The highest BCUT2D eigenvalue weighted by Gasteiger charge is 2.39. The summed E-state index contributed by atoms with van der Waals surface area (Å²) in [5, 5.41) is 11.7. The van der Waals surface area contributed by atoms with Crippen molar-refractivity contribution in [3.05, 3.63) is 71.8 Å². The molecular formula is C26H26N2O5. The number of carboxylic acid groups (broad SMARTS) is 1. The fourth-order valence-electron chi connectivity index (χ4n) is 5.27. The molecule has 2 amide bonds. The summed E-state index contributed by atoms with van der Waals surface area (Å²) in [5.74, 6) is -1.00. The number of carbonyl (C=O) groups is 3. The van der Waals surface area contributed by atoms with Gasteiger partial charge < -0.3 is 20.1 Å². The number of fused-ring (bicyclic) bond motifs is 5. The van der Waals surface area contributed by atoms with Gasteiger partial charge in [0.25, 0.3) is 0 Å². The molecule has 5 rings (SSSR count). The summed E-state index contributed by atoms with van der Waals surface area (Å²) in [5.41, 5.74) is 4.47. The molecule has 2 aromatic carbocycles. The molecule has 0 saturated carbocycles. The van der Waals surface area contributed by atoms with E-state index in [0.717, 1.165) is 28.7 Å². The number of carbonyl (C=O) groups excluding carboxylic acids is 2. The molecule has 0 aromatic heterocycles. The fraction of sp³-hybridized carbons (Fsp3) is 0.346. The van der Waals surface area contributed by atoms with Gasteiger partial charge in [0, 0.05) is 18.9 Å². The van der Waals surface area contributed by atoms with Crippen molar-refractivity contribution in [2.45, 2.75) is 37.3 Å². The van der Waals surface area contributed by atoms with Crippen molar-refractivity contribution in [1.82, 2.24) is 10.2 Å². The van der Waals surface area contributed by atoms with E-state index in [4.69, 9.17) is 9.84 Å². The summed E-state index contributed by atoms with van der Waals surface area (Å²) in [4.78, 5) is 38.6. The van der Waals surface area contributed by atoms with Crippen molar-refractivity contribution in [2.24, 2.45) is 5.92 Å². The Morgan fingerprint density at radius 3 is 2.27 bits per heavy atom. The lowest BCUT2D eigenvalue weighted by molar-refractivity contribution is -0.138. The van der Waals surface area contributed by atoms with Crippen LogP contribution in [0.4, 0.5) is 4.79 Å². The smallest absolute Gasteiger partial charge is 0.407 e. The molecule has 3 atom stereocenters. The molecule has 2 aliphatic carbocycles. The minimum atomic E-state index is -1.01. The number of alkyl carbamates (subject to hydrolysis) is 1. The van der Waals surface area contributed by atoms with Gasteiger partial charge in [-0.1, -0.05) is 60.7 Å². The Kier molecular flexibility index (Phi) is 5.62. The van der Waals surface area contributed by atoms with Crippen LogP contribution in [-0.4, -0.2) is 53.2 Å². The number of nitrogens with one attached hydrogen (secondary N) is 1. The summed E-state index contributed by atoms with van der Waals surface area (Å²) in [7, 11) is 0. The molecule has 3 aliphatic rings. The molecule has 7 nitrogen and oxygen atoms in total. The number of ether oxygens (including phenoxy) is 1. The van der Waals surface area contributed by atoms with E-state index in [9.17, 15) is 14.4 Å². The number of hydrogen-bond donors (Lipinski definition) is 2. The highest BCUT2D eigenvalue weighted by atomic mass is 16.5. The highest BCUT2D eigenvalue weighted by molar-refractivity contribution is 5.87. The molecule has 1 heterocycles. The third-order valence-electron chi connectivity index (χ3n) is 6.85. The lowest BCUT2D eigenvalue weighted by atomic mass is 9.98. The van der Waals surface area contributed by atoms with E-state index in [0.29, 0.717) is 12.5 Å². The molecule has 2 aromatic rings. The first-order chi connectivity index (χ1) is 16.0. The van der Waals surface area contributed by atoms with Crippen molar-refractivity contribution < 1.29 is 24.2 Å². The second-order valence-electron chi connectivity index (χ2n) is 8.89. The maximum atomic E-state index is 13.1. The van der Waals surface area contributed by atoms with E-state index < -0.39 is 18.1 Å². The predicted molar refractivity (Wildman–Crippen MR) is 122 cm³/mol. The number of nitrogens with zero attached hydrogens (tertiary/aromatic N) is 1. The molecule has 3 unspecified atom stereocenters. The van der Waals surface area contributed by atoms with E-state index in [1.807, 2.05) is 42.5 Å². The third kappa shape index (κ3) is 4.11. The lowest BCUT2D eigenvalue weighted by Gasteiger charge is -2.29. The van der Waals surface area contributed by atoms with Crippen molar-refractivity contribution in [3.63, 3.8) is 0 Å². The second kappa shape index (κ2) is 8.73. The second-order valence-corrected chi connectivity index (χ2v) is 8.89. The molecule has 170 valence electrons. The average Bonchev–Trinajstić information content (AvgIpc) is 3.53. The van der Waals surface area contributed by atoms with Crippen LogP contribution in [0.3, 0.4) is 0 Å². The van der Waals surface area contributed by atoms with Crippen molar-refractivity contribution in [3.8, 4) is 11.1 Å². The van der Waals surface area contributed by atoms with E-state index >= 15 is 0 Å². The van der Waals surface area contributed by atoms with Gasteiger partial charge in [0.15, 0.2) is 0 Å². The van der Waals surface area contributed by atoms with Crippen LogP contribution in [0.25, 0.3) is 11.1 Å². The summed E-state index contributed by atoms with van der Waals surface area (Å²) in [6, 6.07) is 15.2. The molecule has 2 N–H and O–H groups in total. The van der Waals surface area contributed by atoms with Gasteiger partial charge in [0.2, 0.25) is 5.91 Å². The Morgan fingerprint density at radius 2 is 1.70 bits per heavy atom. The normalized spacial score (nSPS) is 20.9. The van der Waals surface area contributed by atoms with Gasteiger partial charge in [-0.2, -0.15) is 0 Å². The molecule has 1 saturated heterocycles. The van der Waals surface area contributed by atoms with Gasteiger partial charge in [0.05, 0.1) is 6.04 Å². The molecule has 2 bridgehead atoms. The van der Waals surface area contributed by atoms with Crippen LogP contribution in [0.15, 0.2) is 60.7 Å². The predicted octanol–water partition coefficient (Wildman–Crippen LogP) is 3.55. The van der Waals surface area contributed by atoms with Crippen LogP contribution in [0.5, 0.6) is 0 Å². The maximum absolute atomic E-state index is 13.1. The first-order valence-electron chi connectivity index (χ1n) is 11.3. The van der Waals surface area contributed by atoms with Crippen LogP contribution in [0.1, 0.15) is 36.3 Å². The first kappa shape index (κ1) is 21.2. The highest BCUT2D eigenvalue weighted by Crippen LogP contribution is 2.44. The summed E-state index contributed by atoms with van der Waals surface area (Å²) >= 11 is 0. The van der Waals surface area contributed by atoms with Crippen LogP contribution >= 0.6 is 0 Å². The Balaban J connectivity index is 1.26. The zero-order valence-corrected chi connectivity index (χ0v) is 18.1. The topological polar surface area (TPSA) is 95.9 Å². The van der Waals surface area contributed by atoms with E-state index in [1.54, 1.807) is 4.90 Å². The van der Waals surface area contributed by atoms with Gasteiger partial charge in [-0.05, 0) is 41.0 Å². The van der Waals surface area contributed by atoms with Gasteiger partial charge in [-0.25, -0.2) is 4.79 Å². The standard InChI is InChI=1S/C26H26N2O5/c29-24(30)12-11-23(25(31)28-14-16-9-10-17(28)13-16)27-26(32)33-15-22-20-7-3-1-5-18(20)19-6-2-4-8-21(19)22/h1-10,16-17,22-23H,11-15H2,(H,27,32)(H,29,30). The minimum Gasteiger partial charge on any atom is -0.481 e. The van der Waals surface area contributed by atoms with E-state index in [-0.39, 0.29) is 37.3 Å². The Labute approximate surface area is 192 Å². The molecule has 1 fully saturated rings. The van der Waals surface area contributed by atoms with E-state index in [1.165, 1.54) is 0 Å². The average molecular weight is 447 g/mol. The summed E-state index contributed by atoms with van der Waals surface area (Å²) in [6.07, 6.45) is 4.11. The number of rotatable bonds is 7. The number of likely N-dealkylation sites (tertiary alicyclic amines) is 1. The van der Waals surface area contributed by atoms with Crippen LogP contribution in [0.2, 0.25) is 0 Å². The van der Waals surface area contributed by atoms with Gasteiger partial charge in [-0.3, -0.25) is 9.59 Å². The molecule has 0 radical (unpaired) electrons. The fourth-order valence-corrected chi connectivity index (χ4v) is 5.27. The molecule has 7 heteroatoms. The zero-order valence-electron chi connectivity index (χ0n) is 18.1. The largest absolute Gasteiger partial charge is 0.481 e. The van der Waals surface area contributed by atoms with Gasteiger partial charge in [0.1, 0.15) is 12.6 Å².